The van der Waals surface area contributed by atoms with Crippen LogP contribution in [0.4, 0.5) is 0 Å². The van der Waals surface area contributed by atoms with Crippen molar-refractivity contribution in [3.63, 3.8) is 0 Å². The number of amides is 1. The van der Waals surface area contributed by atoms with Crippen LogP contribution >= 0.6 is 22.7 Å². The quantitative estimate of drug-likeness (QED) is 0.701. The molecule has 4 nitrogen and oxygen atoms in total. The molecule has 0 saturated heterocycles. The zero-order valence-electron chi connectivity index (χ0n) is 13.6. The highest BCUT2D eigenvalue weighted by atomic mass is 32.1. The number of nitrogens with zero attached hydrogens (tertiary/aromatic N) is 3. The molecule has 3 rings (SSSR count). The molecule has 0 radical (unpaired) electrons. The zero-order valence-corrected chi connectivity index (χ0v) is 15.2. The molecule has 0 spiro atoms. The molecular weight excluding hydrogens is 326 g/mol. The van der Waals surface area contributed by atoms with E-state index in [1.165, 1.54) is 4.88 Å². The first-order valence-electron chi connectivity index (χ1n) is 7.40. The summed E-state index contributed by atoms with van der Waals surface area (Å²) in [4.78, 5) is 20.3. The van der Waals surface area contributed by atoms with Gasteiger partial charge in [0.2, 0.25) is 0 Å². The maximum Gasteiger partial charge on any atom is 0.255 e. The third-order valence-electron chi connectivity index (χ3n) is 4.13. The van der Waals surface area contributed by atoms with Gasteiger partial charge in [0.25, 0.3) is 5.91 Å². The lowest BCUT2D eigenvalue weighted by molar-refractivity contribution is 0.0744. The van der Waals surface area contributed by atoms with Crippen LogP contribution in [0.25, 0.3) is 5.13 Å². The number of carbonyl (C=O) groups is 1. The number of carbonyl (C=O) groups excluding carboxylic acids is 1. The number of thiazole rings is 1. The molecule has 3 aromatic heterocycles. The number of hydrogen-bond donors (Lipinski definition) is 0. The lowest BCUT2D eigenvalue weighted by Crippen LogP contribution is -2.29. The van der Waals surface area contributed by atoms with Gasteiger partial charge in [0.15, 0.2) is 5.13 Å². The minimum Gasteiger partial charge on any atom is -0.334 e. The van der Waals surface area contributed by atoms with Gasteiger partial charge in [-0.25, -0.2) is 4.98 Å². The Bertz CT molecular complexity index is 803. The van der Waals surface area contributed by atoms with E-state index in [4.69, 9.17) is 0 Å². The van der Waals surface area contributed by atoms with E-state index < -0.39 is 0 Å². The van der Waals surface area contributed by atoms with Crippen molar-refractivity contribution in [3.05, 3.63) is 57.0 Å². The number of hydrogen-bond acceptors (Lipinski definition) is 4. The van der Waals surface area contributed by atoms with Gasteiger partial charge in [-0.2, -0.15) is 0 Å². The lowest BCUT2D eigenvalue weighted by Gasteiger charge is -2.24. The Morgan fingerprint density at radius 3 is 2.70 bits per heavy atom. The van der Waals surface area contributed by atoms with Crippen molar-refractivity contribution in [2.24, 2.45) is 0 Å². The van der Waals surface area contributed by atoms with Gasteiger partial charge >= 0.3 is 0 Å². The van der Waals surface area contributed by atoms with Gasteiger partial charge in [-0.1, -0.05) is 6.07 Å². The summed E-state index contributed by atoms with van der Waals surface area (Å²) in [7, 11) is 1.86. The summed E-state index contributed by atoms with van der Waals surface area (Å²) in [6.07, 6.45) is 1.78. The summed E-state index contributed by atoms with van der Waals surface area (Å²) in [6.45, 7) is 6.04. The highest BCUT2D eigenvalue weighted by Crippen LogP contribution is 2.27. The summed E-state index contributed by atoms with van der Waals surface area (Å²) >= 11 is 3.25. The fourth-order valence-electron chi connectivity index (χ4n) is 2.69. The van der Waals surface area contributed by atoms with Crippen molar-refractivity contribution < 1.29 is 4.79 Å². The minimum absolute atomic E-state index is 0.0433. The van der Waals surface area contributed by atoms with E-state index in [-0.39, 0.29) is 11.9 Å². The molecule has 120 valence electrons. The van der Waals surface area contributed by atoms with Gasteiger partial charge in [0.1, 0.15) is 0 Å². The smallest absolute Gasteiger partial charge is 0.255 e. The van der Waals surface area contributed by atoms with Gasteiger partial charge in [0.05, 0.1) is 11.6 Å². The molecule has 0 aromatic carbocycles. The predicted molar refractivity (Wildman–Crippen MR) is 95.7 cm³/mol. The monoisotopic (exact) mass is 345 g/mol. The average molecular weight is 345 g/mol. The summed E-state index contributed by atoms with van der Waals surface area (Å²) in [5.41, 5.74) is 2.70. The van der Waals surface area contributed by atoms with Crippen LogP contribution in [0.3, 0.4) is 0 Å². The maximum atomic E-state index is 12.9. The van der Waals surface area contributed by atoms with Crippen molar-refractivity contribution >= 4 is 28.6 Å². The average Bonchev–Trinajstić information content (AvgIpc) is 3.26. The summed E-state index contributed by atoms with van der Waals surface area (Å²) in [5.74, 6) is 0.0433. The molecule has 0 aliphatic heterocycles. The lowest BCUT2D eigenvalue weighted by atomic mass is 10.1. The Hall–Kier alpha value is -1.92. The Balaban J connectivity index is 1.93. The van der Waals surface area contributed by atoms with Gasteiger partial charge in [-0.05, 0) is 38.3 Å². The van der Waals surface area contributed by atoms with Gasteiger partial charge in [-0.3, -0.25) is 9.36 Å². The molecule has 23 heavy (non-hydrogen) atoms. The normalized spacial score (nSPS) is 12.3. The maximum absolute atomic E-state index is 12.9. The zero-order chi connectivity index (χ0) is 16.6. The van der Waals surface area contributed by atoms with Crippen LogP contribution in [0, 0.1) is 13.8 Å². The van der Waals surface area contributed by atoms with E-state index in [9.17, 15) is 4.79 Å². The van der Waals surface area contributed by atoms with Crippen molar-refractivity contribution in [2.45, 2.75) is 26.8 Å². The van der Waals surface area contributed by atoms with E-state index in [1.807, 2.05) is 48.4 Å². The largest absolute Gasteiger partial charge is 0.334 e. The number of aromatic nitrogens is 2. The third-order valence-corrected chi connectivity index (χ3v) is 5.93. The topological polar surface area (TPSA) is 38.1 Å². The fourth-order valence-corrected chi connectivity index (χ4v) is 4.26. The first-order valence-corrected chi connectivity index (χ1v) is 9.16. The van der Waals surface area contributed by atoms with Crippen molar-refractivity contribution in [3.8, 4) is 5.13 Å². The van der Waals surface area contributed by atoms with Gasteiger partial charge < -0.3 is 4.90 Å². The van der Waals surface area contributed by atoms with Crippen LogP contribution in [0.2, 0.25) is 0 Å². The third kappa shape index (κ3) is 2.84. The molecule has 1 unspecified atom stereocenters. The molecule has 0 aliphatic rings. The van der Waals surface area contributed by atoms with Crippen molar-refractivity contribution in [1.82, 2.24) is 14.5 Å². The van der Waals surface area contributed by atoms with Crippen LogP contribution in [-0.2, 0) is 0 Å². The second-order valence-corrected chi connectivity index (χ2v) is 7.39. The first kappa shape index (κ1) is 16.0. The molecule has 3 aromatic rings. The highest BCUT2D eigenvalue weighted by Gasteiger charge is 2.24. The molecule has 3 heterocycles. The second kappa shape index (κ2) is 6.29. The summed E-state index contributed by atoms with van der Waals surface area (Å²) in [5, 5.41) is 4.88. The minimum atomic E-state index is 0.0433. The Labute approximate surface area is 144 Å². The predicted octanol–water partition coefficient (Wildman–Crippen LogP) is 4.45. The Morgan fingerprint density at radius 2 is 2.09 bits per heavy atom. The molecule has 0 bridgehead atoms. The van der Waals surface area contributed by atoms with Gasteiger partial charge in [-0.15, -0.1) is 22.7 Å². The molecular formula is C17H19N3OS2. The molecule has 0 N–H and O–H groups in total. The van der Waals surface area contributed by atoms with Crippen LogP contribution in [-0.4, -0.2) is 27.4 Å². The number of rotatable bonds is 4. The number of aryl methyl sites for hydroxylation is 1. The van der Waals surface area contributed by atoms with Crippen LogP contribution < -0.4 is 0 Å². The van der Waals surface area contributed by atoms with E-state index in [2.05, 4.69) is 18.0 Å². The van der Waals surface area contributed by atoms with E-state index in [1.54, 1.807) is 33.8 Å². The molecule has 6 heteroatoms. The second-order valence-electron chi connectivity index (χ2n) is 5.54. The van der Waals surface area contributed by atoms with E-state index >= 15 is 0 Å². The van der Waals surface area contributed by atoms with Crippen molar-refractivity contribution in [2.75, 3.05) is 7.05 Å². The SMILES string of the molecule is Cc1cc(C(=O)N(C)C(C)c2cccs2)c(C)n1-c1nccs1. The molecule has 0 fully saturated rings. The van der Waals surface area contributed by atoms with Crippen LogP contribution in [0.5, 0.6) is 0 Å². The van der Waals surface area contributed by atoms with E-state index in [0.717, 1.165) is 22.1 Å². The first-order chi connectivity index (χ1) is 11.0. The van der Waals surface area contributed by atoms with E-state index in [0.29, 0.717) is 0 Å². The Kier molecular flexibility index (Phi) is 4.37. The number of thiophene rings is 1. The molecule has 0 saturated carbocycles. The van der Waals surface area contributed by atoms with Gasteiger partial charge in [0, 0.05) is 34.9 Å². The van der Waals surface area contributed by atoms with Crippen molar-refractivity contribution in [1.29, 1.82) is 0 Å². The summed E-state index contributed by atoms with van der Waals surface area (Å²) < 4.78 is 2.04. The molecule has 0 aliphatic carbocycles. The van der Waals surface area contributed by atoms with Crippen LogP contribution in [0.1, 0.15) is 39.6 Å². The summed E-state index contributed by atoms with van der Waals surface area (Å²) in [6, 6.07) is 6.10. The standard InChI is InChI=1S/C17H19N3OS2/c1-11-10-14(12(2)20(11)17-18-7-9-23-17)16(21)19(4)13(3)15-6-5-8-22-15/h5-10,13H,1-4H3. The fraction of sp³-hybridized carbons (Fsp3) is 0.294. The Morgan fingerprint density at radius 1 is 1.30 bits per heavy atom. The molecule has 1 amide bonds. The molecule has 1 atom stereocenters. The van der Waals surface area contributed by atoms with Crippen LogP contribution in [0.15, 0.2) is 35.2 Å². The highest BCUT2D eigenvalue weighted by molar-refractivity contribution is 7.12.